The van der Waals surface area contributed by atoms with Gasteiger partial charge in [0.05, 0.1) is 0 Å². The van der Waals surface area contributed by atoms with Gasteiger partial charge >= 0.3 is 5.97 Å². The number of likely N-dealkylation sites (tertiary alicyclic amines) is 1. The molecule has 0 unspecified atom stereocenters. The predicted octanol–water partition coefficient (Wildman–Crippen LogP) is 2.59. The van der Waals surface area contributed by atoms with Gasteiger partial charge in [-0.15, -0.1) is 0 Å². The van der Waals surface area contributed by atoms with E-state index < -0.39 is 5.97 Å². The molecule has 7 heteroatoms. The second kappa shape index (κ2) is 7.79. The van der Waals surface area contributed by atoms with Crippen LogP contribution in [0.15, 0.2) is 54.6 Å². The van der Waals surface area contributed by atoms with Gasteiger partial charge in [-0.3, -0.25) is 10.2 Å². The molecule has 2 heterocycles. The number of nitrogens with two attached hydrogens (primary N) is 1. The Bertz CT molecular complexity index is 1010. The van der Waals surface area contributed by atoms with Crippen molar-refractivity contribution in [1.82, 2.24) is 4.90 Å². The number of carbonyl (C=O) groups excluding carboxylic acids is 2. The molecule has 148 valence electrons. The van der Waals surface area contributed by atoms with E-state index in [0.717, 1.165) is 5.56 Å². The quantitative estimate of drug-likeness (QED) is 0.316. The fraction of sp³-hybridized carbons (Fsp3) is 0.227. The van der Waals surface area contributed by atoms with Crippen LogP contribution in [0, 0.1) is 5.41 Å². The number of benzene rings is 2. The fourth-order valence-electron chi connectivity index (χ4n) is 3.76. The molecular formula is C22H22N4O3. The smallest absolute Gasteiger partial charge is 0.331 e. The van der Waals surface area contributed by atoms with Crippen molar-refractivity contribution in [3.8, 4) is 0 Å². The van der Waals surface area contributed by atoms with Crippen molar-refractivity contribution >= 4 is 29.1 Å². The van der Waals surface area contributed by atoms with Gasteiger partial charge in [0.2, 0.25) is 0 Å². The van der Waals surface area contributed by atoms with E-state index in [0.29, 0.717) is 48.3 Å². The lowest BCUT2D eigenvalue weighted by Gasteiger charge is -2.31. The zero-order valence-corrected chi connectivity index (χ0v) is 15.9. The lowest BCUT2D eigenvalue weighted by atomic mass is 9.94. The lowest BCUT2D eigenvalue weighted by molar-refractivity contribution is -0.144. The molecule has 0 radical (unpaired) electrons. The van der Waals surface area contributed by atoms with Gasteiger partial charge in [-0.25, -0.2) is 4.79 Å². The number of anilines is 1. The summed E-state index contributed by atoms with van der Waals surface area (Å²) in [4.78, 5) is 27.1. The van der Waals surface area contributed by atoms with E-state index in [4.69, 9.17) is 15.9 Å². The van der Waals surface area contributed by atoms with Crippen LogP contribution in [0.2, 0.25) is 0 Å². The highest BCUT2D eigenvalue weighted by atomic mass is 16.5. The largest absolute Gasteiger partial charge is 0.459 e. The normalized spacial score (nSPS) is 17.7. The van der Waals surface area contributed by atoms with Gasteiger partial charge in [-0.2, -0.15) is 0 Å². The minimum atomic E-state index is -0.444. The Labute approximate surface area is 168 Å². The third kappa shape index (κ3) is 3.85. The minimum Gasteiger partial charge on any atom is -0.459 e. The van der Waals surface area contributed by atoms with Crippen molar-refractivity contribution in [2.45, 2.75) is 18.9 Å². The summed E-state index contributed by atoms with van der Waals surface area (Å²) in [6.45, 7) is 1.18. The summed E-state index contributed by atoms with van der Waals surface area (Å²) >= 11 is 0. The van der Waals surface area contributed by atoms with Gasteiger partial charge in [-0.05, 0) is 23.3 Å². The first kappa shape index (κ1) is 18.7. The van der Waals surface area contributed by atoms with Crippen LogP contribution in [0.25, 0.3) is 5.57 Å². The van der Waals surface area contributed by atoms with Crippen molar-refractivity contribution in [1.29, 1.82) is 5.41 Å². The molecule has 2 aromatic carbocycles. The summed E-state index contributed by atoms with van der Waals surface area (Å²) in [5.74, 6) is -0.609. The standard InChI is InChI=1S/C22H22N4O3/c23-22(24)26-11-9-14(10-12-26)29-20(27)13-18-15-5-1-2-7-17(15)21(28)25-19-8-4-3-6-16(18)19/h1-8,13-14H,9-12H2,(H3,23,24)(H,25,28). The number of esters is 1. The Balaban J connectivity index is 1.62. The molecule has 2 aliphatic rings. The number of amides is 1. The number of piperidine rings is 1. The zero-order chi connectivity index (χ0) is 20.4. The Morgan fingerprint density at radius 1 is 1.07 bits per heavy atom. The molecule has 1 amide bonds. The molecule has 1 fully saturated rings. The summed E-state index contributed by atoms with van der Waals surface area (Å²) in [6, 6.07) is 14.6. The van der Waals surface area contributed by atoms with Crippen molar-refractivity contribution < 1.29 is 14.3 Å². The maximum atomic E-state index is 12.7. The van der Waals surface area contributed by atoms with E-state index in [1.165, 1.54) is 6.08 Å². The molecule has 0 aliphatic carbocycles. The number of rotatable bonds is 2. The Kier molecular flexibility index (Phi) is 5.03. The molecule has 1 saturated heterocycles. The van der Waals surface area contributed by atoms with Crippen LogP contribution in [-0.2, 0) is 9.53 Å². The molecule has 0 bridgehead atoms. The molecule has 0 aromatic heterocycles. The molecular weight excluding hydrogens is 368 g/mol. The number of nitrogens with zero attached hydrogens (tertiary/aromatic N) is 1. The van der Waals surface area contributed by atoms with Crippen LogP contribution >= 0.6 is 0 Å². The summed E-state index contributed by atoms with van der Waals surface area (Å²) in [5, 5.41) is 10.4. The first-order chi connectivity index (χ1) is 14.0. The van der Waals surface area contributed by atoms with E-state index in [1.54, 1.807) is 17.0 Å². The number of fused-ring (bicyclic) bond motifs is 2. The molecule has 0 saturated carbocycles. The van der Waals surface area contributed by atoms with E-state index in [9.17, 15) is 9.59 Å². The number of ether oxygens (including phenoxy) is 1. The predicted molar refractivity (Wildman–Crippen MR) is 111 cm³/mol. The highest BCUT2D eigenvalue weighted by Crippen LogP contribution is 2.35. The molecule has 2 aliphatic heterocycles. The van der Waals surface area contributed by atoms with E-state index in [2.05, 4.69) is 5.32 Å². The Morgan fingerprint density at radius 2 is 1.69 bits per heavy atom. The average molecular weight is 390 g/mol. The van der Waals surface area contributed by atoms with E-state index in [-0.39, 0.29) is 18.0 Å². The highest BCUT2D eigenvalue weighted by molar-refractivity contribution is 6.14. The van der Waals surface area contributed by atoms with Crippen LogP contribution in [0.1, 0.15) is 34.3 Å². The molecule has 4 rings (SSSR count). The number of nitrogens with one attached hydrogen (secondary N) is 2. The second-order valence-corrected chi connectivity index (χ2v) is 7.11. The van der Waals surface area contributed by atoms with Gasteiger partial charge in [-0.1, -0.05) is 36.4 Å². The van der Waals surface area contributed by atoms with Crippen molar-refractivity contribution in [2.75, 3.05) is 18.4 Å². The number of hydrogen-bond acceptors (Lipinski definition) is 4. The van der Waals surface area contributed by atoms with Gasteiger partial charge in [0.15, 0.2) is 5.96 Å². The number of guanidine groups is 1. The van der Waals surface area contributed by atoms with Gasteiger partial charge in [0.25, 0.3) is 5.91 Å². The van der Waals surface area contributed by atoms with Crippen LogP contribution < -0.4 is 11.1 Å². The Hall–Kier alpha value is -3.61. The van der Waals surface area contributed by atoms with Crippen LogP contribution in [-0.4, -0.2) is 41.9 Å². The zero-order valence-electron chi connectivity index (χ0n) is 15.9. The van der Waals surface area contributed by atoms with Crippen molar-refractivity contribution in [3.63, 3.8) is 0 Å². The summed E-state index contributed by atoms with van der Waals surface area (Å²) < 4.78 is 5.66. The van der Waals surface area contributed by atoms with Crippen LogP contribution in [0.4, 0.5) is 5.69 Å². The minimum absolute atomic E-state index is 0.0423. The molecule has 2 aromatic rings. The lowest BCUT2D eigenvalue weighted by Crippen LogP contribution is -2.44. The number of carbonyl (C=O) groups is 2. The second-order valence-electron chi connectivity index (χ2n) is 7.11. The number of para-hydroxylation sites is 1. The summed E-state index contributed by atoms with van der Waals surface area (Å²) in [5.41, 5.74) is 8.80. The summed E-state index contributed by atoms with van der Waals surface area (Å²) in [6.07, 6.45) is 2.50. The van der Waals surface area contributed by atoms with E-state index >= 15 is 0 Å². The van der Waals surface area contributed by atoms with Crippen molar-refractivity contribution in [2.24, 2.45) is 5.73 Å². The fourth-order valence-corrected chi connectivity index (χ4v) is 3.76. The third-order valence-corrected chi connectivity index (χ3v) is 5.25. The first-order valence-electron chi connectivity index (χ1n) is 9.54. The topological polar surface area (TPSA) is 109 Å². The van der Waals surface area contributed by atoms with Gasteiger partial charge in [0.1, 0.15) is 6.10 Å². The molecule has 7 nitrogen and oxygen atoms in total. The average Bonchev–Trinajstić information content (AvgIpc) is 2.84. The van der Waals surface area contributed by atoms with Crippen LogP contribution in [0.3, 0.4) is 0 Å². The Morgan fingerprint density at radius 3 is 2.38 bits per heavy atom. The molecule has 29 heavy (non-hydrogen) atoms. The van der Waals surface area contributed by atoms with Crippen molar-refractivity contribution in [3.05, 3.63) is 71.3 Å². The summed E-state index contributed by atoms with van der Waals surface area (Å²) in [7, 11) is 0. The van der Waals surface area contributed by atoms with Gasteiger partial charge < -0.3 is 20.7 Å². The van der Waals surface area contributed by atoms with Crippen LogP contribution in [0.5, 0.6) is 0 Å². The SMILES string of the molecule is N=C(N)N1CCC(OC(=O)C=C2c3ccccc3NC(=O)c3ccccc32)CC1. The molecule has 0 spiro atoms. The highest BCUT2D eigenvalue weighted by Gasteiger charge is 2.25. The van der Waals surface area contributed by atoms with E-state index in [1.807, 2.05) is 36.4 Å². The maximum absolute atomic E-state index is 12.7. The van der Waals surface area contributed by atoms with Gasteiger partial charge in [0, 0.05) is 48.8 Å². The molecule has 0 atom stereocenters. The first-order valence-corrected chi connectivity index (χ1v) is 9.54. The maximum Gasteiger partial charge on any atom is 0.331 e. The number of hydrogen-bond donors (Lipinski definition) is 3. The molecule has 4 N–H and O–H groups in total. The monoisotopic (exact) mass is 390 g/mol. The third-order valence-electron chi connectivity index (χ3n) is 5.25.